The molecule has 0 amide bonds. The monoisotopic (exact) mass is 230 g/mol. The maximum atomic E-state index is 11.0. The van der Waals surface area contributed by atoms with Gasteiger partial charge in [-0.25, -0.2) is 0 Å². The normalized spacial score (nSPS) is 14.1. The third kappa shape index (κ3) is 6.80. The van der Waals surface area contributed by atoms with Gasteiger partial charge in [0.1, 0.15) is 6.04 Å². The largest absolute Gasteiger partial charge is 0.480 e. The summed E-state index contributed by atoms with van der Waals surface area (Å²) in [7, 11) is 4.06. The van der Waals surface area contributed by atoms with Crippen LogP contribution in [0.1, 0.15) is 33.6 Å². The first-order valence-electron chi connectivity index (χ1n) is 5.89. The highest BCUT2D eigenvalue weighted by molar-refractivity contribution is 5.73. The lowest BCUT2D eigenvalue weighted by Gasteiger charge is -2.30. The predicted molar refractivity (Wildman–Crippen MR) is 66.7 cm³/mol. The fourth-order valence-corrected chi connectivity index (χ4v) is 1.91. The number of carbonyl (C=O) groups is 1. The van der Waals surface area contributed by atoms with E-state index < -0.39 is 12.0 Å². The Bertz CT molecular complexity index is 215. The van der Waals surface area contributed by atoms with Gasteiger partial charge in [0.05, 0.1) is 0 Å². The highest BCUT2D eigenvalue weighted by Gasteiger charge is 2.22. The molecule has 0 rings (SSSR count). The van der Waals surface area contributed by atoms with Gasteiger partial charge >= 0.3 is 5.97 Å². The average molecular weight is 230 g/mol. The molecule has 0 spiro atoms. The van der Waals surface area contributed by atoms with E-state index in [-0.39, 0.29) is 5.41 Å². The molecule has 0 radical (unpaired) electrons. The van der Waals surface area contributed by atoms with Crippen molar-refractivity contribution in [2.45, 2.75) is 39.7 Å². The van der Waals surface area contributed by atoms with Gasteiger partial charge in [-0.05, 0) is 25.9 Å². The van der Waals surface area contributed by atoms with Gasteiger partial charge in [-0.2, -0.15) is 0 Å². The zero-order chi connectivity index (χ0) is 12.8. The molecule has 0 aliphatic rings. The van der Waals surface area contributed by atoms with Crippen LogP contribution in [0.5, 0.6) is 0 Å². The van der Waals surface area contributed by atoms with Crippen molar-refractivity contribution in [1.82, 2.24) is 10.2 Å². The van der Waals surface area contributed by atoms with Crippen LogP contribution < -0.4 is 5.32 Å². The molecule has 1 atom stereocenters. The summed E-state index contributed by atoms with van der Waals surface area (Å²) in [6.07, 6.45) is 1.57. The Kier molecular flexibility index (Phi) is 6.60. The number of rotatable bonds is 8. The van der Waals surface area contributed by atoms with E-state index in [4.69, 9.17) is 5.11 Å². The van der Waals surface area contributed by atoms with Crippen molar-refractivity contribution in [3.8, 4) is 0 Å². The van der Waals surface area contributed by atoms with Crippen LogP contribution in [0.25, 0.3) is 0 Å². The quantitative estimate of drug-likeness (QED) is 0.662. The number of aliphatic carboxylic acids is 1. The highest BCUT2D eigenvalue weighted by Crippen LogP contribution is 2.15. The Morgan fingerprint density at radius 3 is 2.38 bits per heavy atom. The number of hydrogen-bond acceptors (Lipinski definition) is 3. The standard InChI is InChI=1S/C12H26N2O2/c1-6-7-10(11(15)16)13-8-12(2,3)9-14(4)5/h10,13H,6-9H2,1-5H3,(H,15,16). The SMILES string of the molecule is CCCC(NCC(C)(C)CN(C)C)C(=O)O. The zero-order valence-electron chi connectivity index (χ0n) is 11.2. The lowest BCUT2D eigenvalue weighted by molar-refractivity contribution is -0.139. The van der Waals surface area contributed by atoms with Crippen LogP contribution in [0.3, 0.4) is 0 Å². The first kappa shape index (κ1) is 15.4. The molecule has 0 aromatic carbocycles. The van der Waals surface area contributed by atoms with Gasteiger partial charge in [-0.3, -0.25) is 4.79 Å². The van der Waals surface area contributed by atoms with Crippen LogP contribution in [-0.4, -0.2) is 49.2 Å². The van der Waals surface area contributed by atoms with Crippen molar-refractivity contribution in [2.75, 3.05) is 27.2 Å². The topological polar surface area (TPSA) is 52.6 Å². The molecule has 96 valence electrons. The number of nitrogens with one attached hydrogen (secondary N) is 1. The molecule has 0 aliphatic carbocycles. The smallest absolute Gasteiger partial charge is 0.320 e. The van der Waals surface area contributed by atoms with E-state index in [1.165, 1.54) is 0 Å². The van der Waals surface area contributed by atoms with Crippen LogP contribution in [0.2, 0.25) is 0 Å². The van der Waals surface area contributed by atoms with E-state index in [0.717, 1.165) is 19.5 Å². The number of hydrogen-bond donors (Lipinski definition) is 2. The summed E-state index contributed by atoms with van der Waals surface area (Å²) in [6, 6.07) is -0.411. The molecule has 4 nitrogen and oxygen atoms in total. The van der Waals surface area contributed by atoms with E-state index >= 15 is 0 Å². The molecule has 0 aliphatic heterocycles. The second-order valence-electron chi connectivity index (χ2n) is 5.46. The fourth-order valence-electron chi connectivity index (χ4n) is 1.91. The third-order valence-corrected chi connectivity index (χ3v) is 2.45. The Morgan fingerprint density at radius 1 is 1.44 bits per heavy atom. The minimum Gasteiger partial charge on any atom is -0.480 e. The maximum absolute atomic E-state index is 11.0. The minimum absolute atomic E-state index is 0.0882. The summed E-state index contributed by atoms with van der Waals surface area (Å²) in [4.78, 5) is 13.1. The number of carboxylic acid groups (broad SMARTS) is 1. The van der Waals surface area contributed by atoms with Crippen molar-refractivity contribution in [2.24, 2.45) is 5.41 Å². The summed E-state index contributed by atoms with van der Waals surface area (Å²) in [5.41, 5.74) is 0.0882. The molecule has 0 bridgehead atoms. The molecule has 4 heteroatoms. The molecule has 0 saturated heterocycles. The molecule has 16 heavy (non-hydrogen) atoms. The van der Waals surface area contributed by atoms with E-state index in [2.05, 4.69) is 24.1 Å². The summed E-state index contributed by atoms with van der Waals surface area (Å²) in [5.74, 6) is -0.748. The van der Waals surface area contributed by atoms with Gasteiger partial charge in [0.2, 0.25) is 0 Å². The van der Waals surface area contributed by atoms with Gasteiger partial charge in [-0.15, -0.1) is 0 Å². The van der Waals surface area contributed by atoms with Gasteiger partial charge in [0.25, 0.3) is 0 Å². The molecule has 0 fully saturated rings. The van der Waals surface area contributed by atoms with Crippen molar-refractivity contribution in [1.29, 1.82) is 0 Å². The van der Waals surface area contributed by atoms with Crippen LogP contribution in [0.4, 0.5) is 0 Å². The summed E-state index contributed by atoms with van der Waals surface area (Å²) < 4.78 is 0. The van der Waals surface area contributed by atoms with Crippen molar-refractivity contribution in [3.63, 3.8) is 0 Å². The molecule has 0 saturated carbocycles. The lowest BCUT2D eigenvalue weighted by atomic mass is 9.92. The predicted octanol–water partition coefficient (Wildman–Crippen LogP) is 1.42. The summed E-state index contributed by atoms with van der Waals surface area (Å²) >= 11 is 0. The number of nitrogens with zero attached hydrogens (tertiary/aromatic N) is 1. The van der Waals surface area contributed by atoms with Crippen molar-refractivity contribution < 1.29 is 9.90 Å². The molecule has 2 N–H and O–H groups in total. The van der Waals surface area contributed by atoms with Crippen LogP contribution >= 0.6 is 0 Å². The Hall–Kier alpha value is -0.610. The third-order valence-electron chi connectivity index (χ3n) is 2.45. The molecule has 0 heterocycles. The Labute approximate surface area is 99.0 Å². The average Bonchev–Trinajstić information content (AvgIpc) is 2.09. The van der Waals surface area contributed by atoms with E-state index in [0.29, 0.717) is 6.42 Å². The Morgan fingerprint density at radius 2 is 2.00 bits per heavy atom. The van der Waals surface area contributed by atoms with Crippen LogP contribution in [-0.2, 0) is 4.79 Å². The molecular formula is C12H26N2O2. The number of carboxylic acids is 1. The Balaban J connectivity index is 4.13. The zero-order valence-corrected chi connectivity index (χ0v) is 11.2. The molecule has 1 unspecified atom stereocenters. The second-order valence-corrected chi connectivity index (χ2v) is 5.46. The van der Waals surface area contributed by atoms with Gasteiger partial charge in [0, 0.05) is 13.1 Å². The lowest BCUT2D eigenvalue weighted by Crippen LogP contribution is -2.44. The fraction of sp³-hybridized carbons (Fsp3) is 0.917. The molecule has 0 aromatic rings. The van der Waals surface area contributed by atoms with E-state index in [9.17, 15) is 4.79 Å². The van der Waals surface area contributed by atoms with E-state index in [1.54, 1.807) is 0 Å². The first-order valence-corrected chi connectivity index (χ1v) is 5.89. The van der Waals surface area contributed by atoms with Crippen LogP contribution in [0, 0.1) is 5.41 Å². The van der Waals surface area contributed by atoms with Gasteiger partial charge < -0.3 is 15.3 Å². The maximum Gasteiger partial charge on any atom is 0.320 e. The van der Waals surface area contributed by atoms with Gasteiger partial charge in [0.15, 0.2) is 0 Å². The van der Waals surface area contributed by atoms with Crippen molar-refractivity contribution in [3.05, 3.63) is 0 Å². The molecular weight excluding hydrogens is 204 g/mol. The summed E-state index contributed by atoms with van der Waals surface area (Å²) in [5, 5.41) is 12.1. The van der Waals surface area contributed by atoms with Gasteiger partial charge in [-0.1, -0.05) is 27.2 Å². The summed E-state index contributed by atoms with van der Waals surface area (Å²) in [6.45, 7) is 7.96. The van der Waals surface area contributed by atoms with Crippen LogP contribution in [0.15, 0.2) is 0 Å². The first-order chi connectivity index (χ1) is 7.28. The minimum atomic E-state index is -0.748. The van der Waals surface area contributed by atoms with Crippen molar-refractivity contribution >= 4 is 5.97 Å². The van der Waals surface area contributed by atoms with E-state index in [1.807, 2.05) is 21.0 Å². The highest BCUT2D eigenvalue weighted by atomic mass is 16.4. The molecule has 0 aromatic heterocycles. The second kappa shape index (κ2) is 6.86.